The van der Waals surface area contributed by atoms with E-state index in [2.05, 4.69) is 15.2 Å². The number of fused-ring (bicyclic) bond motifs is 1. The van der Waals surface area contributed by atoms with Gasteiger partial charge in [-0.05, 0) is 31.0 Å². The van der Waals surface area contributed by atoms with Crippen LogP contribution in [-0.2, 0) is 4.74 Å². The number of hydrogen-bond donors (Lipinski definition) is 0. The molecule has 2 aromatic rings. The van der Waals surface area contributed by atoms with Crippen molar-refractivity contribution in [3.8, 4) is 5.88 Å². The number of carbonyl (C=O) groups is 1. The van der Waals surface area contributed by atoms with Gasteiger partial charge >= 0.3 is 0 Å². The molecule has 25 heavy (non-hydrogen) atoms. The summed E-state index contributed by atoms with van der Waals surface area (Å²) in [6, 6.07) is 4.36. The number of pyridine rings is 1. The lowest BCUT2D eigenvalue weighted by molar-refractivity contribution is -0.0799. The van der Waals surface area contributed by atoms with E-state index in [0.29, 0.717) is 25.1 Å². The lowest BCUT2D eigenvalue weighted by atomic mass is 10.1. The number of hydrogen-bond acceptors (Lipinski definition) is 6. The second kappa shape index (κ2) is 6.72. The molecule has 7 nitrogen and oxygen atoms in total. The Balaban J connectivity index is 1.51. The third-order valence-electron chi connectivity index (χ3n) is 4.62. The van der Waals surface area contributed by atoms with E-state index in [9.17, 15) is 9.18 Å². The summed E-state index contributed by atoms with van der Waals surface area (Å²) in [6.45, 7) is 0.920. The molecule has 1 aliphatic heterocycles. The van der Waals surface area contributed by atoms with Crippen molar-refractivity contribution >= 4 is 5.91 Å². The number of halogens is 1. The second-order valence-corrected chi connectivity index (χ2v) is 6.06. The molecule has 0 N–H and O–H groups in total. The summed E-state index contributed by atoms with van der Waals surface area (Å²) < 4.78 is 25.4. The zero-order valence-corrected chi connectivity index (χ0v) is 13.4. The summed E-state index contributed by atoms with van der Waals surface area (Å²) in [5.41, 5.74) is 0.496. The first-order valence-electron chi connectivity index (χ1n) is 8.20. The zero-order chi connectivity index (χ0) is 17.2. The molecular formula is C17H17FN4O3. The molecule has 130 valence electrons. The Bertz CT molecular complexity index is 761. The van der Waals surface area contributed by atoms with Gasteiger partial charge in [-0.3, -0.25) is 4.79 Å². The normalized spacial score (nSPS) is 25.5. The quantitative estimate of drug-likeness (QED) is 0.839. The van der Waals surface area contributed by atoms with Crippen LogP contribution in [0.25, 0.3) is 0 Å². The molecule has 2 aliphatic rings. The van der Waals surface area contributed by atoms with Crippen LogP contribution in [0, 0.1) is 5.82 Å². The van der Waals surface area contributed by atoms with Gasteiger partial charge in [0, 0.05) is 12.7 Å². The topological polar surface area (TPSA) is 77.4 Å². The first-order valence-corrected chi connectivity index (χ1v) is 8.20. The fourth-order valence-corrected chi connectivity index (χ4v) is 3.48. The highest BCUT2D eigenvalue weighted by Crippen LogP contribution is 2.33. The molecule has 1 amide bonds. The fraction of sp³-hybridized carbons (Fsp3) is 0.412. The largest absolute Gasteiger partial charge is 0.469 e. The monoisotopic (exact) mass is 344 g/mol. The zero-order valence-electron chi connectivity index (χ0n) is 13.4. The average Bonchev–Trinajstić information content (AvgIpc) is 3.07. The first kappa shape index (κ1) is 15.9. The summed E-state index contributed by atoms with van der Waals surface area (Å²) >= 11 is 0. The third-order valence-corrected chi connectivity index (χ3v) is 4.62. The Labute approximate surface area is 143 Å². The van der Waals surface area contributed by atoms with Crippen LogP contribution in [0.15, 0.2) is 36.8 Å². The highest BCUT2D eigenvalue weighted by molar-refractivity contribution is 5.94. The van der Waals surface area contributed by atoms with Gasteiger partial charge in [0.15, 0.2) is 5.82 Å². The van der Waals surface area contributed by atoms with E-state index in [-0.39, 0.29) is 30.0 Å². The number of nitrogens with zero attached hydrogens (tertiary/aromatic N) is 4. The highest BCUT2D eigenvalue weighted by Gasteiger charge is 2.46. The molecule has 8 heteroatoms. The van der Waals surface area contributed by atoms with Crippen molar-refractivity contribution in [1.29, 1.82) is 0 Å². The molecule has 2 fully saturated rings. The van der Waals surface area contributed by atoms with Crippen LogP contribution in [0.1, 0.15) is 23.2 Å². The Kier molecular flexibility index (Phi) is 4.27. The van der Waals surface area contributed by atoms with E-state index < -0.39 is 5.82 Å². The van der Waals surface area contributed by atoms with Gasteiger partial charge in [0.05, 0.1) is 30.6 Å². The molecule has 2 aromatic heterocycles. The minimum absolute atomic E-state index is 0.0291. The molecule has 0 spiro atoms. The van der Waals surface area contributed by atoms with Crippen molar-refractivity contribution in [2.45, 2.75) is 31.1 Å². The summed E-state index contributed by atoms with van der Waals surface area (Å²) in [5, 5.41) is 7.46. The van der Waals surface area contributed by atoms with Crippen molar-refractivity contribution in [3.05, 3.63) is 48.2 Å². The van der Waals surface area contributed by atoms with Crippen molar-refractivity contribution < 1.29 is 18.7 Å². The van der Waals surface area contributed by atoms with E-state index in [1.807, 2.05) is 0 Å². The highest BCUT2D eigenvalue weighted by atomic mass is 19.1. The lowest BCUT2D eigenvalue weighted by Crippen LogP contribution is -2.54. The first-order chi connectivity index (χ1) is 12.2. The van der Waals surface area contributed by atoms with E-state index >= 15 is 0 Å². The Morgan fingerprint density at radius 2 is 2.20 bits per heavy atom. The number of aromatic nitrogens is 3. The Morgan fingerprint density at radius 3 is 3.00 bits per heavy atom. The molecule has 4 rings (SSSR count). The predicted octanol–water partition coefficient (Wildman–Crippen LogP) is 1.46. The summed E-state index contributed by atoms with van der Waals surface area (Å²) in [4.78, 5) is 18.5. The maximum absolute atomic E-state index is 13.8. The average molecular weight is 344 g/mol. The van der Waals surface area contributed by atoms with Crippen LogP contribution in [-0.4, -0.2) is 57.4 Å². The smallest absolute Gasteiger partial charge is 0.255 e. The molecule has 0 aromatic carbocycles. The summed E-state index contributed by atoms with van der Waals surface area (Å²) in [7, 11) is 0. The van der Waals surface area contributed by atoms with E-state index in [4.69, 9.17) is 9.47 Å². The van der Waals surface area contributed by atoms with E-state index in [1.165, 1.54) is 30.7 Å². The molecule has 1 saturated heterocycles. The number of morpholine rings is 1. The number of ether oxygens (including phenoxy) is 2. The van der Waals surface area contributed by atoms with Gasteiger partial charge in [-0.15, -0.1) is 0 Å². The van der Waals surface area contributed by atoms with Crippen molar-refractivity contribution in [1.82, 2.24) is 20.1 Å². The maximum Gasteiger partial charge on any atom is 0.255 e. The molecule has 1 aliphatic carbocycles. The van der Waals surface area contributed by atoms with Gasteiger partial charge in [-0.1, -0.05) is 0 Å². The minimum atomic E-state index is -0.502. The minimum Gasteiger partial charge on any atom is -0.469 e. The number of rotatable bonds is 3. The van der Waals surface area contributed by atoms with Crippen LogP contribution in [0.4, 0.5) is 4.39 Å². The fourth-order valence-electron chi connectivity index (χ4n) is 3.48. The second-order valence-electron chi connectivity index (χ2n) is 6.06. The van der Waals surface area contributed by atoms with Crippen LogP contribution >= 0.6 is 0 Å². The van der Waals surface area contributed by atoms with Crippen LogP contribution < -0.4 is 4.74 Å². The van der Waals surface area contributed by atoms with Crippen LogP contribution in [0.2, 0.25) is 0 Å². The van der Waals surface area contributed by atoms with Crippen molar-refractivity contribution in [2.24, 2.45) is 0 Å². The number of amides is 1. The maximum atomic E-state index is 13.8. The predicted molar refractivity (Wildman–Crippen MR) is 84.4 cm³/mol. The third kappa shape index (κ3) is 3.05. The van der Waals surface area contributed by atoms with Crippen LogP contribution in [0.5, 0.6) is 5.88 Å². The van der Waals surface area contributed by atoms with Gasteiger partial charge in [-0.25, -0.2) is 9.37 Å². The molecule has 0 radical (unpaired) electrons. The molecule has 0 bridgehead atoms. The summed E-state index contributed by atoms with van der Waals surface area (Å²) in [6.07, 6.45) is 5.21. The van der Waals surface area contributed by atoms with Gasteiger partial charge < -0.3 is 14.4 Å². The molecule has 3 heterocycles. The van der Waals surface area contributed by atoms with Gasteiger partial charge in [-0.2, -0.15) is 10.2 Å². The summed E-state index contributed by atoms with van der Waals surface area (Å²) in [5.74, 6) is -0.631. The van der Waals surface area contributed by atoms with Crippen molar-refractivity contribution in [2.75, 3.05) is 13.2 Å². The molecule has 3 atom stereocenters. The van der Waals surface area contributed by atoms with Gasteiger partial charge in [0.1, 0.15) is 12.2 Å². The van der Waals surface area contributed by atoms with Gasteiger partial charge in [0.2, 0.25) is 0 Å². The lowest BCUT2D eigenvalue weighted by Gasteiger charge is -2.38. The molecule has 0 unspecified atom stereocenters. The standard InChI is InChI=1S/C17H17FN4O3/c18-12-2-1-6-19-16(12)25-14-4-3-13-15(14)24-9-8-22(13)17(23)11-5-7-20-21-10-11/h1-2,5-7,10,13-15H,3-4,8-9H2/t13-,14+,15+/m0/s1. The van der Waals surface area contributed by atoms with E-state index in [1.54, 1.807) is 11.0 Å². The Hall–Kier alpha value is -2.61. The number of carbonyl (C=O) groups excluding carboxylic acids is 1. The van der Waals surface area contributed by atoms with Crippen molar-refractivity contribution in [3.63, 3.8) is 0 Å². The van der Waals surface area contributed by atoms with Gasteiger partial charge in [0.25, 0.3) is 11.8 Å². The Morgan fingerprint density at radius 1 is 1.28 bits per heavy atom. The molecule has 1 saturated carbocycles. The van der Waals surface area contributed by atoms with E-state index in [0.717, 1.165) is 6.42 Å². The SMILES string of the molecule is O=C(c1ccnnc1)N1CCO[C@H]2[C@H](Oc3ncccc3F)CC[C@@H]21. The molecular weight excluding hydrogens is 327 g/mol. The van der Waals surface area contributed by atoms with Crippen LogP contribution in [0.3, 0.4) is 0 Å².